The molecule has 2 nitrogen and oxygen atoms in total. The van der Waals surface area contributed by atoms with E-state index < -0.39 is 0 Å². The van der Waals surface area contributed by atoms with Gasteiger partial charge in [-0.2, -0.15) is 0 Å². The van der Waals surface area contributed by atoms with Crippen molar-refractivity contribution >= 4 is 6.08 Å². The third-order valence-electron chi connectivity index (χ3n) is 6.72. The van der Waals surface area contributed by atoms with Gasteiger partial charge in [-0.05, 0) is 42.4 Å². The molecule has 1 aliphatic heterocycles. The lowest BCUT2D eigenvalue weighted by Gasteiger charge is -2.44. The van der Waals surface area contributed by atoms with Gasteiger partial charge >= 0.3 is 0 Å². The summed E-state index contributed by atoms with van der Waals surface area (Å²) in [6.45, 7) is 6.75. The van der Waals surface area contributed by atoms with Gasteiger partial charge in [-0.15, -0.1) is 0 Å². The molecule has 1 atom stereocenters. The number of benzene rings is 2. The van der Waals surface area contributed by atoms with Crippen LogP contribution in [0.3, 0.4) is 0 Å². The normalized spacial score (nSPS) is 21.6. The maximum atomic E-state index is 3.52. The summed E-state index contributed by atoms with van der Waals surface area (Å²) in [5, 5.41) is 3.52. The van der Waals surface area contributed by atoms with E-state index in [-0.39, 0.29) is 5.54 Å². The largest absolute Gasteiger partial charge is 0.314 e. The van der Waals surface area contributed by atoms with Crippen LogP contribution in [0.25, 0.3) is 6.08 Å². The Kier molecular flexibility index (Phi) is 6.29. The van der Waals surface area contributed by atoms with Crippen LogP contribution in [0.1, 0.15) is 61.6 Å². The van der Waals surface area contributed by atoms with Crippen molar-refractivity contribution in [1.29, 1.82) is 0 Å². The topological polar surface area (TPSA) is 15.3 Å². The van der Waals surface area contributed by atoms with Crippen molar-refractivity contribution in [3.63, 3.8) is 0 Å². The van der Waals surface area contributed by atoms with E-state index in [0.717, 1.165) is 32.1 Å². The zero-order chi connectivity index (χ0) is 19.2. The Bertz CT molecular complexity index is 770. The second kappa shape index (κ2) is 9.07. The highest BCUT2D eigenvalue weighted by Gasteiger charge is 2.35. The molecule has 0 amide bonds. The third-order valence-corrected chi connectivity index (χ3v) is 6.72. The molecular weight excluding hydrogens is 340 g/mol. The Hall–Kier alpha value is -1.90. The van der Waals surface area contributed by atoms with Crippen molar-refractivity contribution in [1.82, 2.24) is 10.2 Å². The number of rotatable bonds is 5. The van der Waals surface area contributed by atoms with Gasteiger partial charge in [0.05, 0.1) is 5.54 Å². The first-order valence-corrected chi connectivity index (χ1v) is 11.1. The molecule has 1 saturated heterocycles. The van der Waals surface area contributed by atoms with Crippen LogP contribution in [0.5, 0.6) is 0 Å². The van der Waals surface area contributed by atoms with Crippen LogP contribution < -0.4 is 5.32 Å². The van der Waals surface area contributed by atoms with Crippen molar-refractivity contribution in [3.05, 3.63) is 77.4 Å². The summed E-state index contributed by atoms with van der Waals surface area (Å²) in [7, 11) is 0. The highest BCUT2D eigenvalue weighted by molar-refractivity contribution is 5.53. The minimum Gasteiger partial charge on any atom is -0.314 e. The molecule has 4 rings (SSSR count). The van der Waals surface area contributed by atoms with Gasteiger partial charge in [0.25, 0.3) is 0 Å². The van der Waals surface area contributed by atoms with Gasteiger partial charge in [-0.3, -0.25) is 4.90 Å². The van der Waals surface area contributed by atoms with Crippen molar-refractivity contribution in [3.8, 4) is 0 Å². The summed E-state index contributed by atoms with van der Waals surface area (Å²) in [5.74, 6) is 0.720. The van der Waals surface area contributed by atoms with Crippen LogP contribution >= 0.6 is 0 Å². The summed E-state index contributed by atoms with van der Waals surface area (Å²) in [6, 6.07) is 20.0. The van der Waals surface area contributed by atoms with Gasteiger partial charge in [0.2, 0.25) is 0 Å². The van der Waals surface area contributed by atoms with Crippen LogP contribution in [0.2, 0.25) is 0 Å². The molecule has 1 unspecified atom stereocenters. The second-order valence-electron chi connectivity index (χ2n) is 8.55. The number of piperazine rings is 1. The van der Waals surface area contributed by atoms with Gasteiger partial charge < -0.3 is 5.32 Å². The fourth-order valence-electron chi connectivity index (χ4n) is 5.05. The molecule has 0 bridgehead atoms. The minimum absolute atomic E-state index is 0.0774. The molecule has 2 aromatic carbocycles. The van der Waals surface area contributed by atoms with Gasteiger partial charge in [0.1, 0.15) is 0 Å². The molecule has 0 spiro atoms. The molecule has 0 aromatic heterocycles. The molecule has 1 saturated carbocycles. The zero-order valence-electron chi connectivity index (χ0n) is 17.2. The molecule has 28 heavy (non-hydrogen) atoms. The van der Waals surface area contributed by atoms with Crippen LogP contribution in [0.15, 0.2) is 60.7 Å². The second-order valence-corrected chi connectivity index (χ2v) is 8.55. The minimum atomic E-state index is -0.0774. The van der Waals surface area contributed by atoms with E-state index in [1.165, 1.54) is 43.2 Å². The first-order chi connectivity index (χ1) is 13.8. The maximum absolute atomic E-state index is 3.52. The summed E-state index contributed by atoms with van der Waals surface area (Å²) in [4.78, 5) is 2.67. The van der Waals surface area contributed by atoms with E-state index >= 15 is 0 Å². The summed E-state index contributed by atoms with van der Waals surface area (Å²) in [6.07, 6.45) is 11.6. The Morgan fingerprint density at radius 2 is 1.57 bits per heavy atom. The van der Waals surface area contributed by atoms with E-state index in [4.69, 9.17) is 0 Å². The SMILES string of the molecule is CC(C=Cc1ccccc1)(c1ccccc1C1CCCCC1)N1CCNCC1. The number of hydrogen-bond acceptors (Lipinski definition) is 2. The summed E-state index contributed by atoms with van der Waals surface area (Å²) in [5.41, 5.74) is 4.29. The van der Waals surface area contributed by atoms with Gasteiger partial charge in [-0.25, -0.2) is 0 Å². The van der Waals surface area contributed by atoms with E-state index in [2.05, 4.69) is 83.9 Å². The highest BCUT2D eigenvalue weighted by Crippen LogP contribution is 2.41. The van der Waals surface area contributed by atoms with Crippen molar-refractivity contribution in [2.75, 3.05) is 26.2 Å². The van der Waals surface area contributed by atoms with E-state index in [0.29, 0.717) is 0 Å². The summed E-state index contributed by atoms with van der Waals surface area (Å²) < 4.78 is 0. The van der Waals surface area contributed by atoms with Gasteiger partial charge in [0, 0.05) is 26.2 Å². The molecule has 1 heterocycles. The molecule has 1 aliphatic carbocycles. The predicted molar refractivity (Wildman–Crippen MR) is 120 cm³/mol. The molecule has 2 fully saturated rings. The van der Waals surface area contributed by atoms with E-state index in [1.807, 2.05) is 0 Å². The quantitative estimate of drug-likeness (QED) is 0.736. The lowest BCUT2D eigenvalue weighted by Crippen LogP contribution is -2.52. The summed E-state index contributed by atoms with van der Waals surface area (Å²) >= 11 is 0. The monoisotopic (exact) mass is 374 g/mol. The maximum Gasteiger partial charge on any atom is 0.0623 e. The smallest absolute Gasteiger partial charge is 0.0623 e. The average Bonchev–Trinajstić information content (AvgIpc) is 2.79. The predicted octanol–water partition coefficient (Wildman–Crippen LogP) is 5.57. The fourth-order valence-corrected chi connectivity index (χ4v) is 5.05. The molecule has 148 valence electrons. The fraction of sp³-hybridized carbons (Fsp3) is 0.462. The molecule has 1 N–H and O–H groups in total. The highest BCUT2D eigenvalue weighted by atomic mass is 15.2. The Morgan fingerprint density at radius 3 is 2.32 bits per heavy atom. The standard InChI is InChI=1S/C26H34N2/c1-26(28-20-18-27-19-21-28,17-16-22-10-4-2-5-11-22)25-15-9-8-14-24(25)23-12-6-3-7-13-23/h2,4-5,8-11,14-17,23,27H,3,6-7,12-13,18-21H2,1H3. The lowest BCUT2D eigenvalue weighted by molar-refractivity contribution is 0.126. The molecule has 0 radical (unpaired) electrons. The van der Waals surface area contributed by atoms with Crippen molar-refractivity contribution in [2.24, 2.45) is 0 Å². The number of nitrogens with one attached hydrogen (secondary N) is 1. The Labute approximate surface area is 170 Å². The van der Waals surface area contributed by atoms with Crippen LogP contribution in [-0.4, -0.2) is 31.1 Å². The number of nitrogens with zero attached hydrogens (tertiary/aromatic N) is 1. The Morgan fingerprint density at radius 1 is 0.893 bits per heavy atom. The van der Waals surface area contributed by atoms with E-state index in [9.17, 15) is 0 Å². The first-order valence-electron chi connectivity index (χ1n) is 11.1. The van der Waals surface area contributed by atoms with Crippen molar-refractivity contribution < 1.29 is 0 Å². The number of hydrogen-bond donors (Lipinski definition) is 1. The third kappa shape index (κ3) is 4.24. The first kappa shape index (κ1) is 19.4. The van der Waals surface area contributed by atoms with Gasteiger partial charge in [0.15, 0.2) is 0 Å². The molecular formula is C26H34N2. The average molecular weight is 375 g/mol. The Balaban J connectivity index is 1.74. The lowest BCUT2D eigenvalue weighted by atomic mass is 9.76. The van der Waals surface area contributed by atoms with Gasteiger partial charge in [-0.1, -0.05) is 86.0 Å². The zero-order valence-corrected chi connectivity index (χ0v) is 17.2. The molecule has 2 heteroatoms. The van der Waals surface area contributed by atoms with E-state index in [1.54, 1.807) is 5.56 Å². The van der Waals surface area contributed by atoms with Crippen LogP contribution in [0, 0.1) is 0 Å². The van der Waals surface area contributed by atoms with Crippen molar-refractivity contribution in [2.45, 2.75) is 50.5 Å². The molecule has 2 aliphatic rings. The van der Waals surface area contributed by atoms with Crippen LogP contribution in [-0.2, 0) is 5.54 Å². The van der Waals surface area contributed by atoms with Crippen LogP contribution in [0.4, 0.5) is 0 Å². The molecule has 2 aromatic rings.